The molecule has 0 spiro atoms. The van der Waals surface area contributed by atoms with Gasteiger partial charge in [0.15, 0.2) is 8.32 Å². The Bertz CT molecular complexity index is 732. The largest absolute Gasteiger partial charge is 0.412 e. The molecule has 2 N–H and O–H groups in total. The van der Waals surface area contributed by atoms with E-state index in [1.807, 2.05) is 6.92 Å². The highest BCUT2D eigenvalue weighted by molar-refractivity contribution is 6.74. The van der Waals surface area contributed by atoms with E-state index in [0.717, 1.165) is 29.0 Å². The van der Waals surface area contributed by atoms with Gasteiger partial charge in [0.2, 0.25) is 0 Å². The average Bonchev–Trinajstić information content (AvgIpc) is 2.87. The Balaban J connectivity index is 1.76. The molecule has 1 fully saturated rings. The maximum atomic E-state index is 6.78. The van der Waals surface area contributed by atoms with E-state index in [-0.39, 0.29) is 5.04 Å². The molecule has 0 radical (unpaired) electrons. The van der Waals surface area contributed by atoms with Crippen molar-refractivity contribution >= 4 is 25.0 Å². The number of nitrogens with zero attached hydrogens (tertiary/aromatic N) is 1. The molecule has 2 atom stereocenters. The summed E-state index contributed by atoms with van der Waals surface area (Å²) < 4.78 is 6.78. The van der Waals surface area contributed by atoms with Crippen molar-refractivity contribution in [1.82, 2.24) is 9.97 Å². The van der Waals surface area contributed by atoms with Gasteiger partial charge >= 0.3 is 0 Å². The highest BCUT2D eigenvalue weighted by Gasteiger charge is 2.41. The van der Waals surface area contributed by atoms with Crippen LogP contribution in [0.1, 0.15) is 52.3 Å². The van der Waals surface area contributed by atoms with Crippen LogP contribution in [0.2, 0.25) is 18.1 Å². The van der Waals surface area contributed by atoms with E-state index >= 15 is 0 Å². The number of aryl methyl sites for hydroxylation is 1. The van der Waals surface area contributed by atoms with Crippen LogP contribution in [0.4, 0.5) is 5.69 Å². The number of rotatable bonds is 4. The van der Waals surface area contributed by atoms with Crippen molar-refractivity contribution in [3.8, 4) is 0 Å². The molecule has 25 heavy (non-hydrogen) atoms. The second-order valence-electron chi connectivity index (χ2n) is 9.01. The van der Waals surface area contributed by atoms with Gasteiger partial charge < -0.3 is 14.7 Å². The van der Waals surface area contributed by atoms with Gasteiger partial charge in [0.05, 0.1) is 23.2 Å². The number of benzene rings is 1. The minimum Gasteiger partial charge on any atom is -0.412 e. The predicted octanol–water partition coefficient (Wildman–Crippen LogP) is 5.62. The standard InChI is InChI=1S/C20H33N3OSi/c1-14-21-16-12-11-15(13-18(16)22-14)23-17-9-7-8-10-19(17)24-25(5,6)20(2,3)4/h11-13,17,19,23H,7-10H2,1-6H3,(H,21,22)/t17-,19-/m1/s1. The number of imidazole rings is 1. The SMILES string of the molecule is Cc1nc2ccc(N[C@@H]3CCCC[C@H]3O[Si](C)(C)C(C)(C)C)cc2[nH]1. The van der Waals surface area contributed by atoms with Crippen molar-refractivity contribution in [2.45, 2.75) is 83.7 Å². The van der Waals surface area contributed by atoms with Crippen LogP contribution in [0.25, 0.3) is 11.0 Å². The summed E-state index contributed by atoms with van der Waals surface area (Å²) in [5.74, 6) is 0.962. The zero-order valence-electron chi connectivity index (χ0n) is 16.6. The lowest BCUT2D eigenvalue weighted by Gasteiger charge is -2.43. The van der Waals surface area contributed by atoms with Crippen LogP contribution in [-0.2, 0) is 4.43 Å². The molecule has 0 unspecified atom stereocenters. The summed E-state index contributed by atoms with van der Waals surface area (Å²) in [6.07, 6.45) is 5.21. The van der Waals surface area contributed by atoms with E-state index < -0.39 is 8.32 Å². The fraction of sp³-hybridized carbons (Fsp3) is 0.650. The Labute approximate surface area is 152 Å². The normalized spacial score (nSPS) is 22.3. The second kappa shape index (κ2) is 6.76. The number of H-pyrrole nitrogens is 1. The third-order valence-electron chi connectivity index (χ3n) is 5.91. The first-order valence-electron chi connectivity index (χ1n) is 9.56. The number of hydrogen-bond donors (Lipinski definition) is 2. The van der Waals surface area contributed by atoms with Crippen LogP contribution in [0, 0.1) is 6.92 Å². The van der Waals surface area contributed by atoms with Crippen LogP contribution in [0.15, 0.2) is 18.2 Å². The van der Waals surface area contributed by atoms with Gasteiger partial charge in [0.1, 0.15) is 5.82 Å². The Kier molecular flexibility index (Phi) is 4.99. The van der Waals surface area contributed by atoms with Crippen molar-refractivity contribution in [3.05, 3.63) is 24.0 Å². The molecule has 0 bridgehead atoms. The molecular weight excluding hydrogens is 326 g/mol. The summed E-state index contributed by atoms with van der Waals surface area (Å²) in [7, 11) is -1.75. The van der Waals surface area contributed by atoms with E-state index in [2.05, 4.69) is 67.3 Å². The Morgan fingerprint density at radius 3 is 2.64 bits per heavy atom. The number of anilines is 1. The molecule has 1 aliphatic carbocycles. The van der Waals surface area contributed by atoms with E-state index in [9.17, 15) is 0 Å². The molecule has 1 aliphatic rings. The smallest absolute Gasteiger partial charge is 0.192 e. The lowest BCUT2D eigenvalue weighted by Crippen LogP contribution is -2.49. The molecule has 0 amide bonds. The predicted molar refractivity (Wildman–Crippen MR) is 109 cm³/mol. The third kappa shape index (κ3) is 4.09. The van der Waals surface area contributed by atoms with Gasteiger partial charge in [-0.3, -0.25) is 0 Å². The molecule has 2 aromatic rings. The molecule has 1 aromatic carbocycles. The van der Waals surface area contributed by atoms with Gasteiger partial charge in [0.25, 0.3) is 0 Å². The summed E-state index contributed by atoms with van der Waals surface area (Å²) in [6.45, 7) is 13.7. The summed E-state index contributed by atoms with van der Waals surface area (Å²) in [4.78, 5) is 7.82. The van der Waals surface area contributed by atoms with E-state index in [1.165, 1.54) is 19.3 Å². The van der Waals surface area contributed by atoms with Crippen molar-refractivity contribution in [2.75, 3.05) is 5.32 Å². The minimum atomic E-state index is -1.75. The van der Waals surface area contributed by atoms with Crippen LogP contribution in [-0.4, -0.2) is 30.4 Å². The molecule has 138 valence electrons. The summed E-state index contributed by atoms with van der Waals surface area (Å²) >= 11 is 0. The monoisotopic (exact) mass is 359 g/mol. The zero-order chi connectivity index (χ0) is 18.2. The van der Waals surface area contributed by atoms with Crippen LogP contribution < -0.4 is 5.32 Å². The Morgan fingerprint density at radius 2 is 1.92 bits per heavy atom. The van der Waals surface area contributed by atoms with Gasteiger partial charge in [-0.05, 0) is 56.1 Å². The van der Waals surface area contributed by atoms with Crippen molar-refractivity contribution in [2.24, 2.45) is 0 Å². The van der Waals surface area contributed by atoms with Crippen LogP contribution in [0.5, 0.6) is 0 Å². The van der Waals surface area contributed by atoms with Crippen molar-refractivity contribution < 1.29 is 4.43 Å². The molecule has 1 saturated carbocycles. The third-order valence-corrected chi connectivity index (χ3v) is 10.4. The maximum absolute atomic E-state index is 6.78. The average molecular weight is 360 g/mol. The minimum absolute atomic E-state index is 0.251. The van der Waals surface area contributed by atoms with Gasteiger partial charge in [-0.1, -0.05) is 33.6 Å². The van der Waals surface area contributed by atoms with Gasteiger partial charge in [-0.25, -0.2) is 4.98 Å². The summed E-state index contributed by atoms with van der Waals surface area (Å²) in [5, 5.41) is 4.01. The molecule has 4 nitrogen and oxygen atoms in total. The summed E-state index contributed by atoms with van der Waals surface area (Å²) in [5.41, 5.74) is 3.29. The van der Waals surface area contributed by atoms with Gasteiger partial charge in [-0.2, -0.15) is 0 Å². The number of aromatic nitrogens is 2. The Hall–Kier alpha value is -1.33. The van der Waals surface area contributed by atoms with Crippen LogP contribution in [0.3, 0.4) is 0 Å². The number of aromatic amines is 1. The molecule has 5 heteroatoms. The van der Waals surface area contributed by atoms with Crippen molar-refractivity contribution in [1.29, 1.82) is 0 Å². The van der Waals surface area contributed by atoms with E-state index in [1.54, 1.807) is 0 Å². The first-order valence-corrected chi connectivity index (χ1v) is 12.5. The second-order valence-corrected chi connectivity index (χ2v) is 13.8. The maximum Gasteiger partial charge on any atom is 0.192 e. The lowest BCUT2D eigenvalue weighted by molar-refractivity contribution is 0.124. The number of hydrogen-bond acceptors (Lipinski definition) is 3. The molecular formula is C20H33N3OSi. The molecule has 0 aliphatic heterocycles. The van der Waals surface area contributed by atoms with Crippen LogP contribution >= 0.6 is 0 Å². The fourth-order valence-corrected chi connectivity index (χ4v) is 4.79. The quantitative estimate of drug-likeness (QED) is 0.697. The highest BCUT2D eigenvalue weighted by atomic mass is 28.4. The highest BCUT2D eigenvalue weighted by Crippen LogP contribution is 2.39. The zero-order valence-corrected chi connectivity index (χ0v) is 17.6. The first kappa shape index (κ1) is 18.5. The van der Waals surface area contributed by atoms with E-state index in [4.69, 9.17) is 4.43 Å². The first-order chi connectivity index (χ1) is 11.7. The molecule has 1 heterocycles. The molecule has 3 rings (SSSR count). The van der Waals surface area contributed by atoms with E-state index in [0.29, 0.717) is 12.1 Å². The number of fused-ring (bicyclic) bond motifs is 1. The van der Waals surface area contributed by atoms with Gasteiger partial charge in [-0.15, -0.1) is 0 Å². The Morgan fingerprint density at radius 1 is 1.20 bits per heavy atom. The topological polar surface area (TPSA) is 49.9 Å². The van der Waals surface area contributed by atoms with Crippen molar-refractivity contribution in [3.63, 3.8) is 0 Å². The lowest BCUT2D eigenvalue weighted by atomic mass is 9.92. The number of nitrogens with one attached hydrogen (secondary N) is 2. The molecule has 1 aromatic heterocycles. The molecule has 0 saturated heterocycles. The summed E-state index contributed by atoms with van der Waals surface area (Å²) in [6, 6.07) is 6.80. The fourth-order valence-electron chi connectivity index (χ4n) is 3.40. The van der Waals surface area contributed by atoms with Gasteiger partial charge in [0, 0.05) is 5.69 Å².